The predicted octanol–water partition coefficient (Wildman–Crippen LogP) is 1.60. The number of hydrogen-bond acceptors (Lipinski definition) is 4. The number of nitrogens with two attached hydrogens (primary N) is 1. The van der Waals surface area contributed by atoms with Gasteiger partial charge in [0.1, 0.15) is 0 Å². The lowest BCUT2D eigenvalue weighted by Crippen LogP contribution is -2.49. The average molecular weight is 373 g/mol. The number of carbonyl (C=O) groups is 2. The number of piperazine rings is 1. The van der Waals surface area contributed by atoms with Gasteiger partial charge >= 0.3 is 0 Å². The molecule has 2 saturated heterocycles. The van der Waals surface area contributed by atoms with Gasteiger partial charge in [-0.25, -0.2) is 0 Å². The summed E-state index contributed by atoms with van der Waals surface area (Å²) in [6.45, 7) is 8.42. The van der Waals surface area contributed by atoms with Gasteiger partial charge in [-0.15, -0.1) is 0 Å². The maximum Gasteiger partial charge on any atom is 0.226 e. The van der Waals surface area contributed by atoms with Crippen molar-refractivity contribution in [3.8, 4) is 0 Å². The maximum absolute atomic E-state index is 12.6. The largest absolute Gasteiger partial charge is 0.399 e. The van der Waals surface area contributed by atoms with Crippen molar-refractivity contribution in [1.29, 1.82) is 0 Å². The highest BCUT2D eigenvalue weighted by Gasteiger charge is 2.27. The van der Waals surface area contributed by atoms with Crippen LogP contribution in [-0.2, 0) is 16.0 Å². The van der Waals surface area contributed by atoms with Crippen LogP contribution in [0.15, 0.2) is 24.3 Å². The van der Waals surface area contributed by atoms with Crippen LogP contribution < -0.4 is 5.73 Å². The highest BCUT2D eigenvalue weighted by atomic mass is 16.2. The third-order valence-corrected chi connectivity index (χ3v) is 5.94. The number of likely N-dealkylation sites (tertiary alicyclic amines) is 1. The number of hydrogen-bond donors (Lipinski definition) is 1. The molecule has 27 heavy (non-hydrogen) atoms. The Hall–Kier alpha value is -2.08. The highest BCUT2D eigenvalue weighted by molar-refractivity contribution is 5.79. The number of nitrogens with zero attached hydrogens (tertiary/aromatic N) is 3. The molecule has 0 spiro atoms. The molecular weight excluding hydrogens is 340 g/mol. The summed E-state index contributed by atoms with van der Waals surface area (Å²) in [6, 6.07) is 7.50. The van der Waals surface area contributed by atoms with E-state index in [1.165, 1.54) is 0 Å². The quantitative estimate of drug-likeness (QED) is 0.797. The summed E-state index contributed by atoms with van der Waals surface area (Å²) in [5, 5.41) is 0. The number of rotatable bonds is 5. The zero-order valence-corrected chi connectivity index (χ0v) is 16.4. The highest BCUT2D eigenvalue weighted by Crippen LogP contribution is 2.22. The van der Waals surface area contributed by atoms with Crippen LogP contribution in [0.5, 0.6) is 0 Å². The lowest BCUT2D eigenvalue weighted by molar-refractivity contribution is -0.135. The fraction of sp³-hybridized carbons (Fsp3) is 0.619. The molecule has 0 saturated carbocycles. The van der Waals surface area contributed by atoms with Crippen LogP contribution >= 0.6 is 0 Å². The smallest absolute Gasteiger partial charge is 0.226 e. The fourth-order valence-corrected chi connectivity index (χ4v) is 4.00. The molecule has 0 unspecified atom stereocenters. The molecule has 0 aliphatic carbocycles. The van der Waals surface area contributed by atoms with E-state index in [1.54, 1.807) is 0 Å². The van der Waals surface area contributed by atoms with Crippen LogP contribution in [0.25, 0.3) is 0 Å². The second-order valence-corrected chi connectivity index (χ2v) is 7.76. The Kier molecular flexibility index (Phi) is 6.72. The van der Waals surface area contributed by atoms with Gasteiger partial charge < -0.3 is 20.4 Å². The number of piperidine rings is 1. The first-order valence-electron chi connectivity index (χ1n) is 10.2. The van der Waals surface area contributed by atoms with Crippen molar-refractivity contribution in [3.63, 3.8) is 0 Å². The van der Waals surface area contributed by atoms with Gasteiger partial charge in [-0.05, 0) is 43.0 Å². The minimum absolute atomic E-state index is 0.167. The minimum atomic E-state index is 0.167. The molecule has 2 N–H and O–H groups in total. The number of anilines is 1. The van der Waals surface area contributed by atoms with Crippen LogP contribution in [0.4, 0.5) is 5.69 Å². The second kappa shape index (κ2) is 9.22. The Balaban J connectivity index is 1.40. The van der Waals surface area contributed by atoms with E-state index in [0.717, 1.165) is 64.2 Å². The third-order valence-electron chi connectivity index (χ3n) is 5.94. The van der Waals surface area contributed by atoms with E-state index >= 15 is 0 Å². The average Bonchev–Trinajstić information content (AvgIpc) is 2.70. The first-order chi connectivity index (χ1) is 13.0. The van der Waals surface area contributed by atoms with Gasteiger partial charge in [-0.2, -0.15) is 0 Å². The van der Waals surface area contributed by atoms with E-state index in [9.17, 15) is 9.59 Å². The Morgan fingerprint density at radius 1 is 0.926 bits per heavy atom. The van der Waals surface area contributed by atoms with Crippen molar-refractivity contribution >= 4 is 17.5 Å². The molecule has 3 rings (SSSR count). The van der Waals surface area contributed by atoms with Gasteiger partial charge in [-0.3, -0.25) is 9.59 Å². The molecule has 6 nitrogen and oxygen atoms in total. The molecule has 2 heterocycles. The van der Waals surface area contributed by atoms with E-state index in [1.807, 2.05) is 34.1 Å². The van der Waals surface area contributed by atoms with Crippen molar-refractivity contribution in [1.82, 2.24) is 14.7 Å². The molecule has 1 aromatic carbocycles. The van der Waals surface area contributed by atoms with Crippen LogP contribution in [0.3, 0.4) is 0 Å². The van der Waals surface area contributed by atoms with Crippen LogP contribution in [0, 0.1) is 5.92 Å². The van der Waals surface area contributed by atoms with E-state index in [2.05, 4.69) is 11.8 Å². The molecule has 0 atom stereocenters. The molecule has 2 aliphatic heterocycles. The summed E-state index contributed by atoms with van der Waals surface area (Å²) >= 11 is 0. The van der Waals surface area contributed by atoms with Crippen molar-refractivity contribution < 1.29 is 9.59 Å². The molecule has 0 bridgehead atoms. The Morgan fingerprint density at radius 3 is 2.11 bits per heavy atom. The molecule has 1 aromatic rings. The monoisotopic (exact) mass is 372 g/mol. The lowest BCUT2D eigenvalue weighted by atomic mass is 9.92. The van der Waals surface area contributed by atoms with E-state index in [4.69, 9.17) is 5.73 Å². The zero-order chi connectivity index (χ0) is 19.2. The summed E-state index contributed by atoms with van der Waals surface area (Å²) in [5.41, 5.74) is 7.41. The Labute approximate surface area is 162 Å². The predicted molar refractivity (Wildman–Crippen MR) is 107 cm³/mol. The van der Waals surface area contributed by atoms with Gasteiger partial charge in [-0.1, -0.05) is 19.1 Å². The summed E-state index contributed by atoms with van der Waals surface area (Å²) in [6.07, 6.45) is 2.90. The summed E-state index contributed by atoms with van der Waals surface area (Å²) < 4.78 is 0. The Bertz CT molecular complexity index is 630. The molecular formula is C21H32N4O2. The normalized spacial score (nSPS) is 19.3. The minimum Gasteiger partial charge on any atom is -0.399 e. The van der Waals surface area contributed by atoms with Crippen LogP contribution in [-0.4, -0.2) is 72.3 Å². The first-order valence-corrected chi connectivity index (χ1v) is 10.2. The fourth-order valence-electron chi connectivity index (χ4n) is 4.00. The second-order valence-electron chi connectivity index (χ2n) is 7.76. The van der Waals surface area contributed by atoms with Gasteiger partial charge in [0.05, 0.1) is 6.42 Å². The van der Waals surface area contributed by atoms with Crippen molar-refractivity contribution in [2.24, 2.45) is 5.92 Å². The zero-order valence-electron chi connectivity index (χ0n) is 16.4. The molecule has 2 fully saturated rings. The van der Waals surface area contributed by atoms with Crippen LogP contribution in [0.1, 0.15) is 31.7 Å². The molecule has 0 radical (unpaired) electrons. The summed E-state index contributed by atoms with van der Waals surface area (Å²) in [4.78, 5) is 31.4. The standard InChI is InChI=1S/C21H32N4O2/c1-2-23-11-13-25(14-12-23)21(27)16-18-7-9-24(10-8-18)20(26)15-17-3-5-19(22)6-4-17/h3-6,18H,2,7-16,22H2,1H3. The van der Waals surface area contributed by atoms with Crippen LogP contribution in [0.2, 0.25) is 0 Å². The first kappa shape index (κ1) is 19.7. The number of amides is 2. The Morgan fingerprint density at radius 2 is 1.52 bits per heavy atom. The molecule has 2 amide bonds. The van der Waals surface area contributed by atoms with E-state index < -0.39 is 0 Å². The number of nitrogen functional groups attached to an aromatic ring is 1. The van der Waals surface area contributed by atoms with Gasteiger partial charge in [0, 0.05) is 51.4 Å². The summed E-state index contributed by atoms with van der Waals surface area (Å²) in [7, 11) is 0. The molecule has 2 aliphatic rings. The number of benzene rings is 1. The molecule has 148 valence electrons. The third kappa shape index (κ3) is 5.45. The van der Waals surface area contributed by atoms with Gasteiger partial charge in [0.25, 0.3) is 0 Å². The van der Waals surface area contributed by atoms with Gasteiger partial charge in [0.15, 0.2) is 0 Å². The van der Waals surface area contributed by atoms with Crippen molar-refractivity contribution in [2.45, 2.75) is 32.6 Å². The maximum atomic E-state index is 12.6. The molecule has 0 aromatic heterocycles. The van der Waals surface area contributed by atoms with Crippen molar-refractivity contribution in [2.75, 3.05) is 51.5 Å². The summed E-state index contributed by atoms with van der Waals surface area (Å²) in [5.74, 6) is 0.861. The molecule has 6 heteroatoms. The lowest BCUT2D eigenvalue weighted by Gasteiger charge is -2.36. The number of carbonyl (C=O) groups excluding carboxylic acids is 2. The topological polar surface area (TPSA) is 69.9 Å². The number of likely N-dealkylation sites (N-methyl/N-ethyl adjacent to an activating group) is 1. The van der Waals surface area contributed by atoms with E-state index in [-0.39, 0.29) is 11.8 Å². The van der Waals surface area contributed by atoms with E-state index in [0.29, 0.717) is 24.4 Å². The SMILES string of the molecule is CCN1CCN(C(=O)CC2CCN(C(=O)Cc3ccc(N)cc3)CC2)CC1. The van der Waals surface area contributed by atoms with Gasteiger partial charge in [0.2, 0.25) is 11.8 Å². The van der Waals surface area contributed by atoms with Crippen molar-refractivity contribution in [3.05, 3.63) is 29.8 Å².